The zero-order valence-electron chi connectivity index (χ0n) is 9.64. The minimum absolute atomic E-state index is 0.203. The molecular weight excluding hydrogens is 236 g/mol. The second-order valence-electron chi connectivity index (χ2n) is 3.90. The molecule has 1 unspecified atom stereocenters. The Morgan fingerprint density at radius 1 is 1.00 bits per heavy atom. The summed E-state index contributed by atoms with van der Waals surface area (Å²) < 4.78 is 31.2. The van der Waals surface area contributed by atoms with E-state index in [9.17, 15) is 8.78 Å². The van der Waals surface area contributed by atoms with Gasteiger partial charge in [0.1, 0.15) is 12.4 Å². The third-order valence-electron chi connectivity index (χ3n) is 2.54. The van der Waals surface area contributed by atoms with E-state index in [1.807, 2.05) is 18.2 Å². The summed E-state index contributed by atoms with van der Waals surface area (Å²) in [6.45, 7) is 0.203. The minimum atomic E-state index is -0.900. The van der Waals surface area contributed by atoms with Crippen LogP contribution in [0.5, 0.6) is 5.75 Å². The van der Waals surface area contributed by atoms with Crippen molar-refractivity contribution in [3.05, 3.63) is 65.7 Å². The molecule has 0 saturated carbocycles. The van der Waals surface area contributed by atoms with Gasteiger partial charge in [-0.15, -0.1) is 0 Å². The normalized spacial score (nSPS) is 12.2. The van der Waals surface area contributed by atoms with E-state index in [4.69, 9.17) is 10.5 Å². The van der Waals surface area contributed by atoms with Gasteiger partial charge in [0.2, 0.25) is 0 Å². The van der Waals surface area contributed by atoms with Gasteiger partial charge in [0.15, 0.2) is 11.6 Å². The molecule has 2 aromatic rings. The van der Waals surface area contributed by atoms with Gasteiger partial charge in [-0.2, -0.15) is 0 Å². The van der Waals surface area contributed by atoms with Crippen molar-refractivity contribution in [2.24, 2.45) is 5.73 Å². The highest BCUT2D eigenvalue weighted by atomic mass is 19.2. The minimum Gasteiger partial charge on any atom is -0.492 e. The summed E-state index contributed by atoms with van der Waals surface area (Å²) in [7, 11) is 0. The molecule has 0 aromatic heterocycles. The largest absolute Gasteiger partial charge is 0.492 e. The first-order valence-corrected chi connectivity index (χ1v) is 5.55. The molecule has 2 aromatic carbocycles. The number of ether oxygens (including phenoxy) is 1. The summed E-state index contributed by atoms with van der Waals surface area (Å²) in [6.07, 6.45) is 0. The van der Waals surface area contributed by atoms with Crippen LogP contribution in [-0.4, -0.2) is 6.61 Å². The van der Waals surface area contributed by atoms with Crippen molar-refractivity contribution in [3.8, 4) is 5.75 Å². The lowest BCUT2D eigenvalue weighted by Gasteiger charge is -2.13. The van der Waals surface area contributed by atoms with Gasteiger partial charge in [-0.3, -0.25) is 0 Å². The third-order valence-corrected chi connectivity index (χ3v) is 2.54. The first kappa shape index (κ1) is 12.5. The van der Waals surface area contributed by atoms with Crippen LogP contribution < -0.4 is 10.5 Å². The standard InChI is InChI=1S/C14H13F2NO/c15-12-7-6-10(8-13(12)16)14(17)9-18-11-4-2-1-3-5-11/h1-8,14H,9,17H2. The van der Waals surface area contributed by atoms with Crippen LogP contribution in [-0.2, 0) is 0 Å². The van der Waals surface area contributed by atoms with Crippen molar-refractivity contribution in [1.82, 2.24) is 0 Å². The van der Waals surface area contributed by atoms with Crippen LogP contribution in [0.25, 0.3) is 0 Å². The van der Waals surface area contributed by atoms with Crippen LogP contribution in [0.3, 0.4) is 0 Å². The van der Waals surface area contributed by atoms with Gasteiger partial charge in [0.05, 0.1) is 6.04 Å². The van der Waals surface area contributed by atoms with Crippen molar-refractivity contribution in [2.75, 3.05) is 6.61 Å². The monoisotopic (exact) mass is 249 g/mol. The fourth-order valence-corrected chi connectivity index (χ4v) is 1.54. The first-order chi connectivity index (χ1) is 8.66. The SMILES string of the molecule is NC(COc1ccccc1)c1ccc(F)c(F)c1. The predicted molar refractivity (Wildman–Crippen MR) is 65.2 cm³/mol. The van der Waals surface area contributed by atoms with Crippen molar-refractivity contribution < 1.29 is 13.5 Å². The molecule has 2 nitrogen and oxygen atoms in total. The fourth-order valence-electron chi connectivity index (χ4n) is 1.54. The van der Waals surface area contributed by atoms with E-state index < -0.39 is 17.7 Å². The summed E-state index contributed by atoms with van der Waals surface area (Å²) >= 11 is 0. The van der Waals surface area contributed by atoms with Gasteiger partial charge in [-0.1, -0.05) is 24.3 Å². The van der Waals surface area contributed by atoms with Crippen molar-refractivity contribution in [2.45, 2.75) is 6.04 Å². The molecule has 0 bridgehead atoms. The Kier molecular flexibility index (Phi) is 3.89. The number of hydrogen-bond acceptors (Lipinski definition) is 2. The van der Waals surface area contributed by atoms with Crippen LogP contribution in [0.4, 0.5) is 8.78 Å². The molecule has 0 heterocycles. The molecule has 1 atom stereocenters. The Morgan fingerprint density at radius 3 is 2.39 bits per heavy atom. The van der Waals surface area contributed by atoms with Crippen LogP contribution in [0.2, 0.25) is 0 Å². The van der Waals surface area contributed by atoms with E-state index in [1.54, 1.807) is 12.1 Å². The van der Waals surface area contributed by atoms with E-state index in [-0.39, 0.29) is 6.61 Å². The number of halogens is 2. The average molecular weight is 249 g/mol. The van der Waals surface area contributed by atoms with Gasteiger partial charge in [0.25, 0.3) is 0 Å². The molecule has 0 aliphatic rings. The number of benzene rings is 2. The lowest BCUT2D eigenvalue weighted by molar-refractivity contribution is 0.290. The molecule has 18 heavy (non-hydrogen) atoms. The Labute approximate surface area is 104 Å². The van der Waals surface area contributed by atoms with E-state index in [2.05, 4.69) is 0 Å². The molecule has 2 N–H and O–H groups in total. The molecular formula is C14H13F2NO. The molecule has 94 valence electrons. The topological polar surface area (TPSA) is 35.2 Å². The fraction of sp³-hybridized carbons (Fsp3) is 0.143. The van der Waals surface area contributed by atoms with E-state index in [0.717, 1.165) is 12.1 Å². The summed E-state index contributed by atoms with van der Waals surface area (Å²) in [5.74, 6) is -1.09. The zero-order chi connectivity index (χ0) is 13.0. The lowest BCUT2D eigenvalue weighted by atomic mass is 10.1. The maximum Gasteiger partial charge on any atom is 0.159 e. The lowest BCUT2D eigenvalue weighted by Crippen LogP contribution is -2.19. The Morgan fingerprint density at radius 2 is 1.72 bits per heavy atom. The van der Waals surface area contributed by atoms with Crippen LogP contribution in [0.15, 0.2) is 48.5 Å². The maximum absolute atomic E-state index is 13.0. The molecule has 0 aliphatic carbocycles. The van der Waals surface area contributed by atoms with Crippen LogP contribution in [0, 0.1) is 11.6 Å². The number of rotatable bonds is 4. The molecule has 4 heteroatoms. The van der Waals surface area contributed by atoms with Gasteiger partial charge in [-0.05, 0) is 29.8 Å². The van der Waals surface area contributed by atoms with Crippen molar-refractivity contribution >= 4 is 0 Å². The number of hydrogen-bond donors (Lipinski definition) is 1. The quantitative estimate of drug-likeness (QED) is 0.903. The molecule has 2 rings (SSSR count). The van der Waals surface area contributed by atoms with E-state index in [1.165, 1.54) is 6.07 Å². The third kappa shape index (κ3) is 3.05. The summed E-state index contributed by atoms with van der Waals surface area (Å²) in [6, 6.07) is 12.3. The second kappa shape index (κ2) is 5.60. The molecule has 0 aliphatic heterocycles. The maximum atomic E-state index is 13.0. The molecule has 0 fully saturated rings. The Hall–Kier alpha value is -1.94. The molecule has 0 spiro atoms. The van der Waals surface area contributed by atoms with Crippen LogP contribution >= 0.6 is 0 Å². The van der Waals surface area contributed by atoms with Gasteiger partial charge in [-0.25, -0.2) is 8.78 Å². The van der Waals surface area contributed by atoms with Gasteiger partial charge < -0.3 is 10.5 Å². The summed E-state index contributed by atoms with van der Waals surface area (Å²) in [5, 5.41) is 0. The molecule has 0 radical (unpaired) electrons. The van der Waals surface area contributed by atoms with Gasteiger partial charge in [0, 0.05) is 0 Å². The van der Waals surface area contributed by atoms with E-state index in [0.29, 0.717) is 11.3 Å². The predicted octanol–water partition coefficient (Wildman–Crippen LogP) is 3.04. The van der Waals surface area contributed by atoms with Crippen molar-refractivity contribution in [3.63, 3.8) is 0 Å². The Balaban J connectivity index is 1.99. The zero-order valence-corrected chi connectivity index (χ0v) is 9.64. The number of para-hydroxylation sites is 1. The average Bonchev–Trinajstić information content (AvgIpc) is 2.40. The Bertz CT molecular complexity index is 516. The van der Waals surface area contributed by atoms with Gasteiger partial charge >= 0.3 is 0 Å². The van der Waals surface area contributed by atoms with Crippen molar-refractivity contribution in [1.29, 1.82) is 0 Å². The number of nitrogens with two attached hydrogens (primary N) is 1. The van der Waals surface area contributed by atoms with E-state index >= 15 is 0 Å². The smallest absolute Gasteiger partial charge is 0.159 e. The van der Waals surface area contributed by atoms with Crippen LogP contribution in [0.1, 0.15) is 11.6 Å². The highest BCUT2D eigenvalue weighted by molar-refractivity contribution is 5.23. The highest BCUT2D eigenvalue weighted by Crippen LogP contribution is 2.16. The molecule has 0 amide bonds. The summed E-state index contributed by atoms with van der Waals surface area (Å²) in [4.78, 5) is 0. The first-order valence-electron chi connectivity index (χ1n) is 5.55. The molecule has 0 saturated heterocycles. The highest BCUT2D eigenvalue weighted by Gasteiger charge is 2.10. The second-order valence-corrected chi connectivity index (χ2v) is 3.90. The summed E-state index contributed by atoms with van der Waals surface area (Å²) in [5.41, 5.74) is 6.35.